The Hall–Kier alpha value is -0.300. The summed E-state index contributed by atoms with van der Waals surface area (Å²) in [6, 6.07) is 0. The van der Waals surface area contributed by atoms with Crippen LogP contribution >= 0.6 is 0 Å². The number of allylic oxidation sites excluding steroid dienone is 1. The molecule has 2 aliphatic rings. The fraction of sp³-hybridized carbons (Fsp3) is 0.833. The van der Waals surface area contributed by atoms with Crippen LogP contribution in [0, 0.1) is 11.8 Å². The first-order valence-corrected chi connectivity index (χ1v) is 5.53. The van der Waals surface area contributed by atoms with Crippen molar-refractivity contribution in [1.29, 1.82) is 0 Å². The zero-order valence-electron chi connectivity index (χ0n) is 8.71. The molecule has 0 saturated heterocycles. The van der Waals surface area contributed by atoms with Crippen LogP contribution in [0.3, 0.4) is 0 Å². The van der Waals surface area contributed by atoms with E-state index in [9.17, 15) is 5.11 Å². The van der Waals surface area contributed by atoms with Crippen LogP contribution in [0.25, 0.3) is 0 Å². The molecule has 1 nitrogen and oxygen atoms in total. The summed E-state index contributed by atoms with van der Waals surface area (Å²) in [6.07, 6.45) is 8.21. The lowest BCUT2D eigenvalue weighted by Gasteiger charge is -2.44. The van der Waals surface area contributed by atoms with Crippen LogP contribution in [0.4, 0.5) is 0 Å². The van der Waals surface area contributed by atoms with Gasteiger partial charge in [0.05, 0.1) is 5.60 Å². The first kappa shape index (κ1) is 9.26. The Balaban J connectivity index is 2.27. The molecule has 3 atom stereocenters. The summed E-state index contributed by atoms with van der Waals surface area (Å²) in [4.78, 5) is 0. The maximum Gasteiger partial charge on any atom is 0.0685 e. The van der Waals surface area contributed by atoms with Crippen LogP contribution in [0.2, 0.25) is 0 Å². The van der Waals surface area contributed by atoms with Crippen molar-refractivity contribution < 1.29 is 5.11 Å². The average molecular weight is 180 g/mol. The second-order valence-corrected chi connectivity index (χ2v) is 4.98. The standard InChI is InChI=1S/C12H20O/c1-9-7-8-12(2,13)11-6-4-3-5-10(9)11/h5,9,11,13H,3-4,6-8H2,1-2H3/t9?,11-,12+/m0/s1. The summed E-state index contributed by atoms with van der Waals surface area (Å²) in [5, 5.41) is 10.2. The summed E-state index contributed by atoms with van der Waals surface area (Å²) >= 11 is 0. The van der Waals surface area contributed by atoms with Crippen LogP contribution < -0.4 is 0 Å². The molecule has 2 rings (SSSR count). The van der Waals surface area contributed by atoms with E-state index in [-0.39, 0.29) is 0 Å². The number of rotatable bonds is 0. The van der Waals surface area contributed by atoms with Crippen molar-refractivity contribution in [3.05, 3.63) is 11.6 Å². The predicted octanol–water partition coefficient (Wildman–Crippen LogP) is 2.89. The van der Waals surface area contributed by atoms with Crippen LogP contribution in [0.15, 0.2) is 11.6 Å². The molecule has 0 aromatic rings. The molecule has 0 radical (unpaired) electrons. The summed E-state index contributed by atoms with van der Waals surface area (Å²) in [5.74, 6) is 1.18. The third-order valence-electron chi connectivity index (χ3n) is 3.88. The van der Waals surface area contributed by atoms with Crippen molar-refractivity contribution >= 4 is 0 Å². The number of hydrogen-bond acceptors (Lipinski definition) is 1. The predicted molar refractivity (Wildman–Crippen MR) is 54.4 cm³/mol. The van der Waals surface area contributed by atoms with Gasteiger partial charge < -0.3 is 5.11 Å². The second-order valence-electron chi connectivity index (χ2n) is 4.98. The van der Waals surface area contributed by atoms with Crippen molar-refractivity contribution in [3.8, 4) is 0 Å². The zero-order valence-corrected chi connectivity index (χ0v) is 8.71. The Bertz CT molecular complexity index is 227. The highest BCUT2D eigenvalue weighted by Crippen LogP contribution is 2.45. The molecule has 2 aliphatic carbocycles. The van der Waals surface area contributed by atoms with Gasteiger partial charge >= 0.3 is 0 Å². The van der Waals surface area contributed by atoms with E-state index in [0.717, 1.165) is 12.8 Å². The van der Waals surface area contributed by atoms with Gasteiger partial charge in [-0.25, -0.2) is 0 Å². The Morgan fingerprint density at radius 2 is 2.23 bits per heavy atom. The van der Waals surface area contributed by atoms with Crippen LogP contribution in [-0.4, -0.2) is 10.7 Å². The summed E-state index contributed by atoms with van der Waals surface area (Å²) in [6.45, 7) is 4.32. The summed E-state index contributed by atoms with van der Waals surface area (Å²) < 4.78 is 0. The summed E-state index contributed by atoms with van der Waals surface area (Å²) in [7, 11) is 0. The summed E-state index contributed by atoms with van der Waals surface area (Å²) in [5.41, 5.74) is 1.13. The lowest BCUT2D eigenvalue weighted by molar-refractivity contribution is -0.0230. The number of hydrogen-bond donors (Lipinski definition) is 1. The smallest absolute Gasteiger partial charge is 0.0685 e. The molecule has 0 aliphatic heterocycles. The molecule has 0 aromatic carbocycles. The molecule has 1 saturated carbocycles. The van der Waals surface area contributed by atoms with E-state index < -0.39 is 5.60 Å². The molecule has 1 fully saturated rings. The van der Waals surface area contributed by atoms with Gasteiger partial charge in [0.1, 0.15) is 0 Å². The van der Waals surface area contributed by atoms with E-state index in [1.807, 2.05) is 6.92 Å². The van der Waals surface area contributed by atoms with Gasteiger partial charge in [-0.3, -0.25) is 0 Å². The van der Waals surface area contributed by atoms with Gasteiger partial charge in [0.2, 0.25) is 0 Å². The molecule has 0 spiro atoms. The van der Waals surface area contributed by atoms with Crippen molar-refractivity contribution in [2.24, 2.45) is 11.8 Å². The quantitative estimate of drug-likeness (QED) is 0.568. The molecule has 1 heteroatoms. The van der Waals surface area contributed by atoms with Crippen LogP contribution in [0.5, 0.6) is 0 Å². The molecule has 0 bridgehead atoms. The Kier molecular flexibility index (Phi) is 2.23. The van der Waals surface area contributed by atoms with Gasteiger partial charge in [0.15, 0.2) is 0 Å². The highest BCUT2D eigenvalue weighted by molar-refractivity contribution is 5.20. The van der Waals surface area contributed by atoms with E-state index >= 15 is 0 Å². The van der Waals surface area contributed by atoms with E-state index in [2.05, 4.69) is 13.0 Å². The van der Waals surface area contributed by atoms with E-state index in [1.165, 1.54) is 19.3 Å². The Labute approximate surface area is 80.8 Å². The lowest BCUT2D eigenvalue weighted by atomic mass is 9.65. The molecule has 13 heavy (non-hydrogen) atoms. The number of aliphatic hydroxyl groups is 1. The Morgan fingerprint density at radius 1 is 1.46 bits per heavy atom. The second kappa shape index (κ2) is 3.13. The molecule has 0 heterocycles. The zero-order chi connectivity index (χ0) is 9.47. The van der Waals surface area contributed by atoms with Crippen LogP contribution in [0.1, 0.15) is 46.0 Å². The topological polar surface area (TPSA) is 20.2 Å². The van der Waals surface area contributed by atoms with Gasteiger partial charge in [-0.15, -0.1) is 0 Å². The third-order valence-corrected chi connectivity index (χ3v) is 3.88. The lowest BCUT2D eigenvalue weighted by Crippen LogP contribution is -2.42. The molecule has 74 valence electrons. The monoisotopic (exact) mass is 180 g/mol. The van der Waals surface area contributed by atoms with Gasteiger partial charge in [-0.05, 0) is 44.9 Å². The SMILES string of the molecule is CC1CC[C@@](C)(O)[C@H]2CCCC=C12. The highest BCUT2D eigenvalue weighted by atomic mass is 16.3. The number of fused-ring (bicyclic) bond motifs is 1. The maximum atomic E-state index is 10.2. The molecular formula is C12H20O. The van der Waals surface area contributed by atoms with E-state index in [1.54, 1.807) is 5.57 Å². The fourth-order valence-electron chi connectivity index (χ4n) is 2.96. The average Bonchev–Trinajstić information content (AvgIpc) is 2.13. The van der Waals surface area contributed by atoms with Gasteiger partial charge in [-0.2, -0.15) is 0 Å². The van der Waals surface area contributed by atoms with E-state index in [4.69, 9.17) is 0 Å². The molecule has 0 aromatic heterocycles. The minimum atomic E-state index is -0.418. The molecular weight excluding hydrogens is 160 g/mol. The van der Waals surface area contributed by atoms with E-state index in [0.29, 0.717) is 11.8 Å². The van der Waals surface area contributed by atoms with Crippen LogP contribution in [-0.2, 0) is 0 Å². The van der Waals surface area contributed by atoms with Gasteiger partial charge in [0, 0.05) is 5.92 Å². The van der Waals surface area contributed by atoms with Gasteiger partial charge in [-0.1, -0.05) is 18.6 Å². The van der Waals surface area contributed by atoms with Crippen molar-refractivity contribution in [1.82, 2.24) is 0 Å². The first-order valence-electron chi connectivity index (χ1n) is 5.53. The fourth-order valence-corrected chi connectivity index (χ4v) is 2.96. The maximum absolute atomic E-state index is 10.2. The van der Waals surface area contributed by atoms with Crippen molar-refractivity contribution in [2.45, 2.75) is 51.6 Å². The normalized spacial score (nSPS) is 45.3. The molecule has 1 unspecified atom stereocenters. The highest BCUT2D eigenvalue weighted by Gasteiger charge is 2.40. The molecule has 0 amide bonds. The Morgan fingerprint density at radius 3 is 2.92 bits per heavy atom. The van der Waals surface area contributed by atoms with Crippen molar-refractivity contribution in [3.63, 3.8) is 0 Å². The minimum Gasteiger partial charge on any atom is -0.390 e. The third kappa shape index (κ3) is 1.54. The first-order chi connectivity index (χ1) is 6.11. The molecule has 1 N–H and O–H groups in total. The largest absolute Gasteiger partial charge is 0.390 e. The van der Waals surface area contributed by atoms with Gasteiger partial charge in [0.25, 0.3) is 0 Å². The minimum absolute atomic E-state index is 0.418. The van der Waals surface area contributed by atoms with Crippen molar-refractivity contribution in [2.75, 3.05) is 0 Å².